The van der Waals surface area contributed by atoms with Crippen molar-refractivity contribution in [1.82, 2.24) is 0 Å². The van der Waals surface area contributed by atoms with E-state index in [1.54, 1.807) is 36.4 Å². The SMILES string of the molecule is COCOc1ccc([C@@H]2Oc3cc(/C=C/C=O)ccc3O[C@H]2CO)cc1OCOC. The van der Waals surface area contributed by atoms with Gasteiger partial charge in [-0.2, -0.15) is 0 Å². The topological polar surface area (TPSA) is 92.7 Å². The summed E-state index contributed by atoms with van der Waals surface area (Å²) in [7, 11) is 3.05. The zero-order valence-electron chi connectivity index (χ0n) is 16.8. The molecule has 8 heteroatoms. The monoisotopic (exact) mass is 416 g/mol. The summed E-state index contributed by atoms with van der Waals surface area (Å²) in [5.41, 5.74) is 1.52. The van der Waals surface area contributed by atoms with Gasteiger partial charge in [0.1, 0.15) is 6.29 Å². The minimum absolute atomic E-state index is 0.0352. The Bertz CT molecular complexity index is 879. The van der Waals surface area contributed by atoms with Gasteiger partial charge in [-0.1, -0.05) is 18.2 Å². The minimum atomic E-state index is -0.616. The van der Waals surface area contributed by atoms with E-state index in [9.17, 15) is 9.90 Å². The zero-order chi connectivity index (χ0) is 21.3. The summed E-state index contributed by atoms with van der Waals surface area (Å²) in [6, 6.07) is 10.6. The molecule has 0 fully saturated rings. The Labute approximate surface area is 174 Å². The van der Waals surface area contributed by atoms with Crippen LogP contribution in [0.3, 0.4) is 0 Å². The largest absolute Gasteiger partial charge is 0.480 e. The average Bonchev–Trinajstić information content (AvgIpc) is 2.79. The summed E-state index contributed by atoms with van der Waals surface area (Å²) in [6.45, 7) is -0.143. The predicted octanol–water partition coefficient (Wildman–Crippen LogP) is 2.74. The molecule has 2 atom stereocenters. The third kappa shape index (κ3) is 5.10. The van der Waals surface area contributed by atoms with Crippen LogP contribution in [0, 0.1) is 0 Å². The van der Waals surface area contributed by atoms with E-state index >= 15 is 0 Å². The standard InChI is InChI=1S/C22H24O8/c1-25-13-27-17-8-6-16(11-19(17)28-14-26-2)22-21(12-24)29-18-7-5-15(4-3-9-23)10-20(18)30-22/h3-11,21-22,24H,12-14H2,1-2H3/b4-3+/t21-,22-/m0/s1. The molecule has 0 saturated heterocycles. The fourth-order valence-electron chi connectivity index (χ4n) is 3.00. The fraction of sp³-hybridized carbons (Fsp3) is 0.318. The molecule has 0 spiro atoms. The number of hydrogen-bond donors (Lipinski definition) is 1. The molecule has 0 aromatic heterocycles. The number of carbonyl (C=O) groups is 1. The van der Waals surface area contributed by atoms with E-state index in [2.05, 4.69) is 0 Å². The lowest BCUT2D eigenvalue weighted by atomic mass is 10.0. The number of aliphatic hydroxyl groups excluding tert-OH is 1. The number of benzene rings is 2. The highest BCUT2D eigenvalue weighted by atomic mass is 16.7. The van der Waals surface area contributed by atoms with Crippen molar-refractivity contribution in [2.45, 2.75) is 12.2 Å². The Morgan fingerprint density at radius 3 is 2.43 bits per heavy atom. The molecular formula is C22H24O8. The highest BCUT2D eigenvalue weighted by Crippen LogP contribution is 2.42. The van der Waals surface area contributed by atoms with E-state index < -0.39 is 12.2 Å². The van der Waals surface area contributed by atoms with Gasteiger partial charge in [-0.25, -0.2) is 0 Å². The van der Waals surface area contributed by atoms with Crippen LogP contribution in [0.4, 0.5) is 0 Å². The molecule has 8 nitrogen and oxygen atoms in total. The van der Waals surface area contributed by atoms with Crippen LogP contribution in [0.2, 0.25) is 0 Å². The van der Waals surface area contributed by atoms with Gasteiger partial charge in [0.05, 0.1) is 6.61 Å². The molecule has 3 rings (SSSR count). The first kappa shape index (κ1) is 21.6. The summed E-state index contributed by atoms with van der Waals surface area (Å²) >= 11 is 0. The third-order valence-corrected chi connectivity index (χ3v) is 4.35. The van der Waals surface area contributed by atoms with Crippen molar-refractivity contribution in [3.63, 3.8) is 0 Å². The quantitative estimate of drug-likeness (QED) is 0.359. The molecule has 1 heterocycles. The molecule has 2 aromatic rings. The Morgan fingerprint density at radius 1 is 0.967 bits per heavy atom. The van der Waals surface area contributed by atoms with E-state index in [1.807, 2.05) is 6.07 Å². The Morgan fingerprint density at radius 2 is 1.73 bits per heavy atom. The number of aliphatic hydroxyl groups is 1. The molecule has 160 valence electrons. The summed E-state index contributed by atoms with van der Waals surface area (Å²) in [5.74, 6) is 1.96. The van der Waals surface area contributed by atoms with Gasteiger partial charge in [0.25, 0.3) is 0 Å². The molecule has 1 aliphatic rings. The maximum atomic E-state index is 10.6. The number of ether oxygens (including phenoxy) is 6. The summed E-state index contributed by atoms with van der Waals surface area (Å²) in [6.07, 6.45) is 2.57. The number of allylic oxidation sites excluding steroid dienone is 1. The third-order valence-electron chi connectivity index (χ3n) is 4.35. The maximum absolute atomic E-state index is 10.6. The second-order valence-corrected chi connectivity index (χ2v) is 6.39. The lowest BCUT2D eigenvalue weighted by Gasteiger charge is -2.33. The van der Waals surface area contributed by atoms with Crippen molar-refractivity contribution in [2.75, 3.05) is 34.4 Å². The van der Waals surface area contributed by atoms with Crippen LogP contribution < -0.4 is 18.9 Å². The van der Waals surface area contributed by atoms with E-state index in [-0.39, 0.29) is 20.2 Å². The van der Waals surface area contributed by atoms with Gasteiger partial charge in [-0.05, 0) is 35.9 Å². The molecule has 0 aliphatic carbocycles. The Balaban J connectivity index is 1.91. The molecule has 30 heavy (non-hydrogen) atoms. The fourth-order valence-corrected chi connectivity index (χ4v) is 3.00. The van der Waals surface area contributed by atoms with Crippen molar-refractivity contribution in [2.24, 2.45) is 0 Å². The molecule has 0 bridgehead atoms. The maximum Gasteiger partial charge on any atom is 0.188 e. The first-order valence-electron chi connectivity index (χ1n) is 9.27. The van der Waals surface area contributed by atoms with E-state index in [4.69, 9.17) is 28.4 Å². The van der Waals surface area contributed by atoms with Crippen LogP contribution in [-0.4, -0.2) is 51.9 Å². The van der Waals surface area contributed by atoms with Gasteiger partial charge < -0.3 is 33.5 Å². The second-order valence-electron chi connectivity index (χ2n) is 6.39. The number of methoxy groups -OCH3 is 2. The summed E-state index contributed by atoms with van der Waals surface area (Å²) in [5, 5.41) is 9.85. The Kier molecular flexibility index (Phi) is 7.67. The van der Waals surface area contributed by atoms with Gasteiger partial charge in [0, 0.05) is 19.8 Å². The lowest BCUT2D eigenvalue weighted by Crippen LogP contribution is -2.36. The van der Waals surface area contributed by atoms with Crippen LogP contribution in [-0.2, 0) is 14.3 Å². The molecule has 0 radical (unpaired) electrons. The number of fused-ring (bicyclic) bond motifs is 1. The first-order valence-corrected chi connectivity index (χ1v) is 9.27. The van der Waals surface area contributed by atoms with Crippen molar-refractivity contribution in [1.29, 1.82) is 0 Å². The number of aldehydes is 1. The highest BCUT2D eigenvalue weighted by Gasteiger charge is 2.33. The second kappa shape index (κ2) is 10.6. The van der Waals surface area contributed by atoms with E-state index in [0.717, 1.165) is 11.1 Å². The normalized spacial score (nSPS) is 17.7. The molecule has 2 aromatic carbocycles. The number of rotatable bonds is 10. The highest BCUT2D eigenvalue weighted by molar-refractivity contribution is 5.74. The van der Waals surface area contributed by atoms with Crippen molar-refractivity contribution < 1.29 is 38.3 Å². The number of carbonyl (C=O) groups excluding carboxylic acids is 1. The molecule has 0 unspecified atom stereocenters. The lowest BCUT2D eigenvalue weighted by molar-refractivity contribution is -0.104. The van der Waals surface area contributed by atoms with Crippen LogP contribution in [0.15, 0.2) is 42.5 Å². The minimum Gasteiger partial charge on any atom is -0.480 e. The molecule has 1 aliphatic heterocycles. The molecule has 0 amide bonds. The molecule has 1 N–H and O–H groups in total. The van der Waals surface area contributed by atoms with Crippen molar-refractivity contribution in [3.8, 4) is 23.0 Å². The van der Waals surface area contributed by atoms with E-state index in [0.29, 0.717) is 29.3 Å². The van der Waals surface area contributed by atoms with Gasteiger partial charge in [0.2, 0.25) is 0 Å². The van der Waals surface area contributed by atoms with Gasteiger partial charge in [-0.15, -0.1) is 0 Å². The van der Waals surface area contributed by atoms with Gasteiger partial charge in [0.15, 0.2) is 48.8 Å². The van der Waals surface area contributed by atoms with Gasteiger partial charge >= 0.3 is 0 Å². The van der Waals surface area contributed by atoms with Crippen LogP contribution in [0.5, 0.6) is 23.0 Å². The Hall–Kier alpha value is -3.07. The van der Waals surface area contributed by atoms with Crippen molar-refractivity contribution >= 4 is 12.4 Å². The van der Waals surface area contributed by atoms with Crippen LogP contribution >= 0.6 is 0 Å². The first-order chi connectivity index (χ1) is 14.7. The van der Waals surface area contributed by atoms with Crippen LogP contribution in [0.25, 0.3) is 6.08 Å². The van der Waals surface area contributed by atoms with Gasteiger partial charge in [-0.3, -0.25) is 4.79 Å². The average molecular weight is 416 g/mol. The smallest absolute Gasteiger partial charge is 0.188 e. The molecular weight excluding hydrogens is 392 g/mol. The van der Waals surface area contributed by atoms with E-state index in [1.165, 1.54) is 20.3 Å². The number of hydrogen-bond acceptors (Lipinski definition) is 8. The summed E-state index contributed by atoms with van der Waals surface area (Å²) < 4.78 is 33.2. The molecule has 0 saturated carbocycles. The van der Waals surface area contributed by atoms with Crippen LogP contribution in [0.1, 0.15) is 17.2 Å². The summed E-state index contributed by atoms with van der Waals surface area (Å²) in [4.78, 5) is 10.6. The predicted molar refractivity (Wildman–Crippen MR) is 108 cm³/mol. The van der Waals surface area contributed by atoms with Crippen molar-refractivity contribution in [3.05, 3.63) is 53.6 Å². The zero-order valence-corrected chi connectivity index (χ0v) is 16.8.